The van der Waals surface area contributed by atoms with Crippen LogP contribution in [0.15, 0.2) is 0 Å². The normalized spacial score (nSPS) is 12.3. The van der Waals surface area contributed by atoms with E-state index in [2.05, 4.69) is 20.8 Å². The van der Waals surface area contributed by atoms with Crippen LogP contribution in [-0.4, -0.2) is 0 Å². The molecule has 0 aromatic heterocycles. The van der Waals surface area contributed by atoms with Gasteiger partial charge in [-0.25, -0.2) is 0 Å². The van der Waals surface area contributed by atoms with Gasteiger partial charge in [0.2, 0.25) is 0 Å². The van der Waals surface area contributed by atoms with Crippen molar-refractivity contribution in [3.8, 4) is 0 Å². The Labute approximate surface area is 73.7 Å². The quantitative estimate of drug-likeness (QED) is 0.625. The van der Waals surface area contributed by atoms with Crippen LogP contribution in [0.5, 0.6) is 0 Å². The third kappa shape index (κ3) is 8.69. The predicted octanol–water partition coefficient (Wildman–Crippen LogP) is 3.22. The number of hydrogen-bond acceptors (Lipinski definition) is 0. The fraction of sp³-hybridized carbons (Fsp3) is 1.00. The van der Waals surface area contributed by atoms with Crippen LogP contribution < -0.4 is 0 Å². The minimum absolute atomic E-state index is 0. The van der Waals surface area contributed by atoms with Gasteiger partial charge in [-0.15, -0.1) is 0 Å². The van der Waals surface area contributed by atoms with Crippen LogP contribution in [0.4, 0.5) is 0 Å². The summed E-state index contributed by atoms with van der Waals surface area (Å²) in [7, 11) is 0. The van der Waals surface area contributed by atoms with Crippen molar-refractivity contribution >= 4 is 0 Å². The Bertz CT molecular complexity index is 43.8. The van der Waals surface area contributed by atoms with Crippen LogP contribution in [0.2, 0.25) is 0 Å². The van der Waals surface area contributed by atoms with E-state index in [4.69, 9.17) is 0 Å². The second kappa shape index (κ2) is 8.69. The summed E-state index contributed by atoms with van der Waals surface area (Å²) in [5.74, 6) is 0.954. The molecule has 9 heavy (non-hydrogen) atoms. The molecule has 56 valence electrons. The summed E-state index contributed by atoms with van der Waals surface area (Å²) < 4.78 is 0. The van der Waals surface area contributed by atoms with Crippen LogP contribution in [0.1, 0.15) is 46.5 Å². The van der Waals surface area contributed by atoms with Crippen LogP contribution in [-0.2, 0) is 21.1 Å². The summed E-state index contributed by atoms with van der Waals surface area (Å²) in [4.78, 5) is 0. The molecule has 0 N–H and O–H groups in total. The van der Waals surface area contributed by atoms with Gasteiger partial charge < -0.3 is 0 Å². The SMILES string of the molecule is CCCCC(C)CC.[Mo]. The van der Waals surface area contributed by atoms with Crippen molar-refractivity contribution in [1.29, 1.82) is 0 Å². The first kappa shape index (κ1) is 12.4. The number of rotatable bonds is 4. The molecule has 1 heteroatoms. The van der Waals surface area contributed by atoms with Gasteiger partial charge in [-0.3, -0.25) is 0 Å². The van der Waals surface area contributed by atoms with E-state index in [0.29, 0.717) is 0 Å². The minimum Gasteiger partial charge on any atom is -0.0654 e. The van der Waals surface area contributed by atoms with Crippen molar-refractivity contribution in [2.45, 2.75) is 46.5 Å². The maximum Gasteiger partial charge on any atom is 0 e. The van der Waals surface area contributed by atoms with Crippen LogP contribution >= 0.6 is 0 Å². The number of unbranched alkanes of at least 4 members (excludes halogenated alkanes) is 1. The molecule has 0 aromatic rings. The molecule has 0 fully saturated rings. The molecule has 0 saturated carbocycles. The van der Waals surface area contributed by atoms with Crippen molar-refractivity contribution < 1.29 is 21.1 Å². The molecule has 0 radical (unpaired) electrons. The van der Waals surface area contributed by atoms with Crippen molar-refractivity contribution in [2.75, 3.05) is 0 Å². The molecule has 0 saturated heterocycles. The first-order chi connectivity index (χ1) is 3.81. The molecule has 1 atom stereocenters. The molecule has 0 aromatic carbocycles. The Morgan fingerprint density at radius 1 is 1.22 bits per heavy atom. The van der Waals surface area contributed by atoms with E-state index in [1.165, 1.54) is 25.7 Å². The summed E-state index contributed by atoms with van der Waals surface area (Å²) in [5, 5.41) is 0. The topological polar surface area (TPSA) is 0 Å². The van der Waals surface area contributed by atoms with E-state index < -0.39 is 0 Å². The smallest absolute Gasteiger partial charge is 0 e. The molecule has 0 aliphatic rings. The largest absolute Gasteiger partial charge is 0.0654 e. The van der Waals surface area contributed by atoms with Crippen molar-refractivity contribution in [1.82, 2.24) is 0 Å². The van der Waals surface area contributed by atoms with Crippen molar-refractivity contribution in [2.24, 2.45) is 5.92 Å². The van der Waals surface area contributed by atoms with Gasteiger partial charge in [0.15, 0.2) is 0 Å². The second-order valence-corrected chi connectivity index (χ2v) is 2.66. The fourth-order valence-electron chi connectivity index (χ4n) is 0.757. The van der Waals surface area contributed by atoms with Crippen molar-refractivity contribution in [3.05, 3.63) is 0 Å². The Morgan fingerprint density at radius 2 is 1.78 bits per heavy atom. The van der Waals surface area contributed by atoms with Gasteiger partial charge >= 0.3 is 0 Å². The van der Waals surface area contributed by atoms with Gasteiger partial charge in [0.05, 0.1) is 0 Å². The van der Waals surface area contributed by atoms with E-state index in [1.807, 2.05) is 0 Å². The Kier molecular flexibility index (Phi) is 11.9. The van der Waals surface area contributed by atoms with Gasteiger partial charge in [-0.1, -0.05) is 46.5 Å². The van der Waals surface area contributed by atoms with E-state index in [9.17, 15) is 0 Å². The molecule has 0 aliphatic heterocycles. The Balaban J connectivity index is 0. The summed E-state index contributed by atoms with van der Waals surface area (Å²) in [6, 6.07) is 0. The molecular formula is C8H18Mo. The minimum atomic E-state index is 0. The zero-order chi connectivity index (χ0) is 6.41. The monoisotopic (exact) mass is 212 g/mol. The molecule has 0 rings (SSSR count). The number of hydrogen-bond donors (Lipinski definition) is 0. The van der Waals surface area contributed by atoms with Gasteiger partial charge in [0.1, 0.15) is 0 Å². The third-order valence-electron chi connectivity index (χ3n) is 1.75. The first-order valence-corrected chi connectivity index (χ1v) is 3.81. The molecule has 1 unspecified atom stereocenters. The first-order valence-electron chi connectivity index (χ1n) is 3.81. The summed E-state index contributed by atoms with van der Waals surface area (Å²) in [5.41, 5.74) is 0. The third-order valence-corrected chi connectivity index (χ3v) is 1.75. The standard InChI is InChI=1S/C8H18.Mo/c1-4-6-7-8(3)5-2;/h8H,4-7H2,1-3H3;. The molecule has 0 heterocycles. The molecule has 0 spiro atoms. The zero-order valence-corrected chi connectivity index (χ0v) is 8.82. The van der Waals surface area contributed by atoms with Gasteiger partial charge in [-0.05, 0) is 5.92 Å². The Morgan fingerprint density at radius 3 is 2.11 bits per heavy atom. The second-order valence-electron chi connectivity index (χ2n) is 2.66. The van der Waals surface area contributed by atoms with E-state index in [-0.39, 0.29) is 21.1 Å². The molecule has 0 nitrogen and oxygen atoms in total. The molecule has 0 aliphatic carbocycles. The van der Waals surface area contributed by atoms with Crippen LogP contribution in [0, 0.1) is 5.92 Å². The molecular weight excluding hydrogens is 192 g/mol. The van der Waals surface area contributed by atoms with E-state index >= 15 is 0 Å². The maximum absolute atomic E-state index is 2.33. The van der Waals surface area contributed by atoms with Crippen LogP contribution in [0.25, 0.3) is 0 Å². The fourth-order valence-corrected chi connectivity index (χ4v) is 0.757. The predicted molar refractivity (Wildman–Crippen MR) is 39.0 cm³/mol. The summed E-state index contributed by atoms with van der Waals surface area (Å²) in [6.07, 6.45) is 5.53. The zero-order valence-electron chi connectivity index (χ0n) is 6.81. The summed E-state index contributed by atoms with van der Waals surface area (Å²) >= 11 is 0. The average molecular weight is 210 g/mol. The van der Waals surface area contributed by atoms with Gasteiger partial charge in [0.25, 0.3) is 0 Å². The average Bonchev–Trinajstić information content (AvgIpc) is 1.83. The summed E-state index contributed by atoms with van der Waals surface area (Å²) in [6.45, 7) is 6.85. The van der Waals surface area contributed by atoms with Gasteiger partial charge in [0, 0.05) is 21.1 Å². The van der Waals surface area contributed by atoms with E-state index in [0.717, 1.165) is 5.92 Å². The van der Waals surface area contributed by atoms with E-state index in [1.54, 1.807) is 0 Å². The van der Waals surface area contributed by atoms with Gasteiger partial charge in [-0.2, -0.15) is 0 Å². The molecule has 0 bridgehead atoms. The van der Waals surface area contributed by atoms with Crippen molar-refractivity contribution in [3.63, 3.8) is 0 Å². The Hall–Kier alpha value is 0.688. The molecule has 0 amide bonds. The van der Waals surface area contributed by atoms with Crippen LogP contribution in [0.3, 0.4) is 0 Å². The maximum atomic E-state index is 2.33.